The number of hydrogen-bond donors (Lipinski definition) is 1. The summed E-state index contributed by atoms with van der Waals surface area (Å²) in [6, 6.07) is 16.4. The molecule has 11 heteroatoms. The summed E-state index contributed by atoms with van der Waals surface area (Å²) < 4.78 is 12.6. The van der Waals surface area contributed by atoms with Crippen LogP contribution in [0.15, 0.2) is 69.1 Å². The second kappa shape index (κ2) is 12.5. The molecular formula is C25H18Br2ClN3O5. The summed E-state index contributed by atoms with van der Waals surface area (Å²) in [4.78, 5) is 23.1. The molecule has 0 saturated carbocycles. The van der Waals surface area contributed by atoms with Gasteiger partial charge in [0.25, 0.3) is 11.6 Å². The van der Waals surface area contributed by atoms with Gasteiger partial charge in [-0.05, 0) is 86.3 Å². The molecule has 3 aromatic carbocycles. The Morgan fingerprint density at radius 1 is 1.14 bits per heavy atom. The lowest BCUT2D eigenvalue weighted by Crippen LogP contribution is -2.14. The number of anilines is 1. The molecule has 8 nitrogen and oxygen atoms in total. The molecule has 0 aliphatic carbocycles. The van der Waals surface area contributed by atoms with Gasteiger partial charge in [0.05, 0.1) is 21.7 Å². The third kappa shape index (κ3) is 7.07. The smallest absolute Gasteiger partial charge is 0.270 e. The Bertz CT molecular complexity index is 1370. The number of amides is 1. The van der Waals surface area contributed by atoms with Gasteiger partial charge in [-0.25, -0.2) is 0 Å². The fraction of sp³-hybridized carbons (Fsp3) is 0.120. The standard InChI is InChI=1S/C25H18Br2ClN3O5/c1-2-35-23-11-16(10-21(27)24(23)36-14-15-3-5-18(28)6-4-15)9-17(13-29)25(32)30-22-8-7-19(31(33)34)12-20(22)26/h3-12H,2,14H2,1H3,(H,30,32). The molecule has 0 saturated heterocycles. The van der Waals surface area contributed by atoms with Crippen LogP contribution in [-0.4, -0.2) is 17.4 Å². The molecule has 184 valence electrons. The topological polar surface area (TPSA) is 114 Å². The van der Waals surface area contributed by atoms with Crippen molar-refractivity contribution in [3.8, 4) is 17.6 Å². The Hall–Kier alpha value is -3.39. The third-order valence-corrected chi connectivity index (χ3v) is 6.21. The first-order valence-electron chi connectivity index (χ1n) is 10.4. The zero-order valence-electron chi connectivity index (χ0n) is 18.8. The van der Waals surface area contributed by atoms with Gasteiger partial charge < -0.3 is 14.8 Å². The SMILES string of the molecule is CCOc1cc(C=C(C#N)C(=O)Nc2ccc([N+](=O)[O-])cc2Br)cc(Br)c1OCc1ccc(Cl)cc1. The molecule has 0 aliphatic heterocycles. The Kier molecular flexibility index (Phi) is 9.47. The van der Waals surface area contributed by atoms with Crippen LogP contribution in [0.4, 0.5) is 11.4 Å². The van der Waals surface area contributed by atoms with E-state index in [0.717, 1.165) is 5.56 Å². The van der Waals surface area contributed by atoms with E-state index in [4.69, 9.17) is 21.1 Å². The van der Waals surface area contributed by atoms with E-state index in [1.54, 1.807) is 24.3 Å². The van der Waals surface area contributed by atoms with Crippen molar-refractivity contribution in [2.45, 2.75) is 13.5 Å². The summed E-state index contributed by atoms with van der Waals surface area (Å²) in [6.07, 6.45) is 1.41. The molecule has 0 spiro atoms. The third-order valence-electron chi connectivity index (χ3n) is 4.72. The van der Waals surface area contributed by atoms with Crippen LogP contribution >= 0.6 is 43.5 Å². The van der Waals surface area contributed by atoms with Gasteiger partial charge >= 0.3 is 0 Å². The van der Waals surface area contributed by atoms with Crippen LogP contribution in [0.25, 0.3) is 6.08 Å². The second-order valence-electron chi connectivity index (χ2n) is 7.22. The van der Waals surface area contributed by atoms with Gasteiger partial charge in [0.1, 0.15) is 18.2 Å². The van der Waals surface area contributed by atoms with Crippen LogP contribution in [-0.2, 0) is 11.4 Å². The predicted molar refractivity (Wildman–Crippen MR) is 144 cm³/mol. The fourth-order valence-electron chi connectivity index (χ4n) is 3.03. The number of nitriles is 1. The lowest BCUT2D eigenvalue weighted by molar-refractivity contribution is -0.384. The van der Waals surface area contributed by atoms with Gasteiger partial charge in [-0.1, -0.05) is 23.7 Å². The minimum Gasteiger partial charge on any atom is -0.490 e. The molecule has 0 atom stereocenters. The Labute approximate surface area is 228 Å². The van der Waals surface area contributed by atoms with E-state index in [2.05, 4.69) is 37.2 Å². The van der Waals surface area contributed by atoms with Gasteiger partial charge in [-0.3, -0.25) is 14.9 Å². The minimum atomic E-state index is -0.677. The van der Waals surface area contributed by atoms with Crippen LogP contribution in [0.3, 0.4) is 0 Å². The molecule has 0 bridgehead atoms. The quantitative estimate of drug-likeness (QED) is 0.114. The van der Waals surface area contributed by atoms with E-state index in [9.17, 15) is 20.2 Å². The number of halogens is 3. The number of ether oxygens (including phenoxy) is 2. The van der Waals surface area contributed by atoms with Crippen LogP contribution < -0.4 is 14.8 Å². The number of non-ortho nitro benzene ring substituents is 1. The van der Waals surface area contributed by atoms with E-state index in [0.29, 0.717) is 37.6 Å². The van der Waals surface area contributed by atoms with Crippen molar-refractivity contribution in [2.75, 3.05) is 11.9 Å². The van der Waals surface area contributed by atoms with Gasteiger partial charge in [0, 0.05) is 21.6 Å². The number of nitro benzene ring substituents is 1. The summed E-state index contributed by atoms with van der Waals surface area (Å²) in [6.45, 7) is 2.48. The monoisotopic (exact) mass is 633 g/mol. The van der Waals surface area contributed by atoms with E-state index in [1.165, 1.54) is 24.3 Å². The summed E-state index contributed by atoms with van der Waals surface area (Å²) in [5.41, 5.74) is 1.41. The maximum atomic E-state index is 12.7. The van der Waals surface area contributed by atoms with Crippen molar-refractivity contribution < 1.29 is 19.2 Å². The molecule has 1 amide bonds. The second-order valence-corrected chi connectivity index (χ2v) is 9.37. The van der Waals surface area contributed by atoms with Crippen LogP contribution in [0, 0.1) is 21.4 Å². The lowest BCUT2D eigenvalue weighted by Gasteiger charge is -2.15. The van der Waals surface area contributed by atoms with E-state index in [-0.39, 0.29) is 23.6 Å². The predicted octanol–water partition coefficient (Wildman–Crippen LogP) is 7.30. The number of hydrogen-bond acceptors (Lipinski definition) is 6. The molecule has 0 fully saturated rings. The summed E-state index contributed by atoms with van der Waals surface area (Å²) in [7, 11) is 0. The number of nitrogens with one attached hydrogen (secondary N) is 1. The van der Waals surface area contributed by atoms with Gasteiger partial charge in [0.15, 0.2) is 11.5 Å². The molecule has 1 N–H and O–H groups in total. The highest BCUT2D eigenvalue weighted by Crippen LogP contribution is 2.38. The minimum absolute atomic E-state index is 0.136. The summed E-state index contributed by atoms with van der Waals surface area (Å²) in [5.74, 6) is 0.230. The number of carbonyl (C=O) groups excluding carboxylic acids is 1. The average molecular weight is 636 g/mol. The number of nitrogens with zero attached hydrogens (tertiary/aromatic N) is 2. The molecule has 3 rings (SSSR count). The van der Waals surface area contributed by atoms with Crippen molar-refractivity contribution in [3.63, 3.8) is 0 Å². The first kappa shape index (κ1) is 27.2. The van der Waals surface area contributed by atoms with Crippen molar-refractivity contribution in [1.29, 1.82) is 5.26 Å². The van der Waals surface area contributed by atoms with Crippen molar-refractivity contribution in [1.82, 2.24) is 0 Å². The highest BCUT2D eigenvalue weighted by Gasteiger charge is 2.16. The number of rotatable bonds is 9. The van der Waals surface area contributed by atoms with E-state index in [1.807, 2.05) is 25.1 Å². The van der Waals surface area contributed by atoms with E-state index < -0.39 is 10.8 Å². The van der Waals surface area contributed by atoms with Crippen molar-refractivity contribution in [2.24, 2.45) is 0 Å². The average Bonchev–Trinajstić information content (AvgIpc) is 2.84. The van der Waals surface area contributed by atoms with Crippen molar-refractivity contribution in [3.05, 3.63) is 95.4 Å². The zero-order valence-corrected chi connectivity index (χ0v) is 22.7. The van der Waals surface area contributed by atoms with Crippen LogP contribution in [0.5, 0.6) is 11.5 Å². The fourth-order valence-corrected chi connectivity index (χ4v) is 4.20. The molecule has 0 heterocycles. The molecular weight excluding hydrogens is 618 g/mol. The van der Waals surface area contributed by atoms with Crippen LogP contribution in [0.2, 0.25) is 5.02 Å². The van der Waals surface area contributed by atoms with Gasteiger partial charge in [-0.2, -0.15) is 5.26 Å². The molecule has 0 aliphatic rings. The van der Waals surface area contributed by atoms with Gasteiger partial charge in [-0.15, -0.1) is 0 Å². The molecule has 0 unspecified atom stereocenters. The van der Waals surface area contributed by atoms with E-state index >= 15 is 0 Å². The highest BCUT2D eigenvalue weighted by molar-refractivity contribution is 9.11. The zero-order chi connectivity index (χ0) is 26.2. The summed E-state index contributed by atoms with van der Waals surface area (Å²) in [5, 5.41) is 23.7. The molecule has 36 heavy (non-hydrogen) atoms. The van der Waals surface area contributed by atoms with Crippen LogP contribution in [0.1, 0.15) is 18.1 Å². The van der Waals surface area contributed by atoms with Gasteiger partial charge in [0.2, 0.25) is 0 Å². The highest BCUT2D eigenvalue weighted by atomic mass is 79.9. The number of benzene rings is 3. The maximum absolute atomic E-state index is 12.7. The largest absolute Gasteiger partial charge is 0.490 e. The van der Waals surface area contributed by atoms with Crippen molar-refractivity contribution >= 4 is 66.8 Å². The molecule has 3 aromatic rings. The number of nitro groups is 1. The molecule has 0 radical (unpaired) electrons. The lowest BCUT2D eigenvalue weighted by atomic mass is 10.1. The molecule has 0 aromatic heterocycles. The Balaban J connectivity index is 1.84. The normalized spacial score (nSPS) is 10.9. The first-order valence-corrected chi connectivity index (χ1v) is 12.4. The Morgan fingerprint density at radius 3 is 2.47 bits per heavy atom. The first-order chi connectivity index (χ1) is 17.2. The Morgan fingerprint density at radius 2 is 1.86 bits per heavy atom. The number of carbonyl (C=O) groups is 1. The summed E-state index contributed by atoms with van der Waals surface area (Å²) >= 11 is 12.6. The maximum Gasteiger partial charge on any atom is 0.270 e.